The summed E-state index contributed by atoms with van der Waals surface area (Å²) in [5, 5.41) is 6.84. The quantitative estimate of drug-likeness (QED) is 0.677. The largest absolute Gasteiger partial charge is 0.357 e. The Morgan fingerprint density at radius 2 is 2.05 bits per heavy atom. The minimum atomic E-state index is -0.164. The highest BCUT2D eigenvalue weighted by atomic mass is 16.2. The van der Waals surface area contributed by atoms with Crippen LogP contribution in [0.5, 0.6) is 0 Å². The summed E-state index contributed by atoms with van der Waals surface area (Å²) in [7, 11) is 0. The Kier molecular flexibility index (Phi) is 4.34. The fourth-order valence-electron chi connectivity index (χ4n) is 2.33. The van der Waals surface area contributed by atoms with E-state index < -0.39 is 0 Å². The normalized spacial score (nSPS) is 10.5. The van der Waals surface area contributed by atoms with E-state index in [2.05, 4.69) is 20.6 Å². The van der Waals surface area contributed by atoms with Gasteiger partial charge in [-0.25, -0.2) is 4.79 Å². The highest BCUT2D eigenvalue weighted by Crippen LogP contribution is 2.14. The van der Waals surface area contributed by atoms with Gasteiger partial charge in [-0.2, -0.15) is 0 Å². The summed E-state index contributed by atoms with van der Waals surface area (Å²) < 4.78 is 0. The zero-order chi connectivity index (χ0) is 15.2. The number of nitrogens with zero attached hydrogens (tertiary/aromatic N) is 1. The molecule has 1 aromatic carbocycles. The molecule has 0 aliphatic heterocycles. The number of benzene rings is 1. The lowest BCUT2D eigenvalue weighted by molar-refractivity contribution is 0.240. The highest BCUT2D eigenvalue weighted by molar-refractivity contribution is 5.80. The molecular weight excluding hydrogens is 276 g/mol. The lowest BCUT2D eigenvalue weighted by atomic mass is 10.2. The SMILES string of the molecule is O=C(NCCc1cccnc1)NCc1cc2ccccc2[nH]1. The van der Waals surface area contributed by atoms with Gasteiger partial charge < -0.3 is 15.6 Å². The first-order valence-electron chi connectivity index (χ1n) is 7.28. The third-order valence-corrected chi connectivity index (χ3v) is 3.45. The number of carbonyl (C=O) groups is 1. The number of carbonyl (C=O) groups excluding carboxylic acids is 1. The number of hydrogen-bond donors (Lipinski definition) is 3. The van der Waals surface area contributed by atoms with Gasteiger partial charge in [-0.15, -0.1) is 0 Å². The molecule has 3 aromatic rings. The molecular formula is C17H18N4O. The molecule has 0 atom stereocenters. The van der Waals surface area contributed by atoms with Crippen molar-refractivity contribution in [2.75, 3.05) is 6.54 Å². The van der Waals surface area contributed by atoms with E-state index in [4.69, 9.17) is 0 Å². The molecule has 2 aromatic heterocycles. The number of rotatable bonds is 5. The van der Waals surface area contributed by atoms with E-state index in [0.717, 1.165) is 28.6 Å². The molecule has 22 heavy (non-hydrogen) atoms. The van der Waals surface area contributed by atoms with Crippen molar-refractivity contribution in [2.24, 2.45) is 0 Å². The van der Waals surface area contributed by atoms with E-state index >= 15 is 0 Å². The van der Waals surface area contributed by atoms with Gasteiger partial charge in [-0.3, -0.25) is 4.98 Å². The molecule has 3 N–H and O–H groups in total. The van der Waals surface area contributed by atoms with Gasteiger partial charge in [0.15, 0.2) is 0 Å². The van der Waals surface area contributed by atoms with Crippen LogP contribution in [0.3, 0.4) is 0 Å². The van der Waals surface area contributed by atoms with Crippen LogP contribution in [0, 0.1) is 0 Å². The Bertz CT molecular complexity index is 718. The number of amides is 2. The van der Waals surface area contributed by atoms with Crippen molar-refractivity contribution in [2.45, 2.75) is 13.0 Å². The van der Waals surface area contributed by atoms with Crippen LogP contribution in [0.15, 0.2) is 54.9 Å². The van der Waals surface area contributed by atoms with Crippen molar-refractivity contribution in [3.63, 3.8) is 0 Å². The van der Waals surface area contributed by atoms with Crippen LogP contribution in [0.2, 0.25) is 0 Å². The Morgan fingerprint density at radius 1 is 1.14 bits per heavy atom. The summed E-state index contributed by atoms with van der Waals surface area (Å²) in [5.41, 5.74) is 3.18. The number of para-hydroxylation sites is 1. The first-order chi connectivity index (χ1) is 10.8. The van der Waals surface area contributed by atoms with E-state index in [-0.39, 0.29) is 6.03 Å². The standard InChI is InChI=1S/C17H18N4O/c22-17(19-9-7-13-4-3-8-18-11-13)20-12-15-10-14-5-1-2-6-16(14)21-15/h1-6,8,10-11,21H,7,9,12H2,(H2,19,20,22). The maximum absolute atomic E-state index is 11.8. The highest BCUT2D eigenvalue weighted by Gasteiger charge is 2.03. The second-order valence-electron chi connectivity index (χ2n) is 5.10. The summed E-state index contributed by atoms with van der Waals surface area (Å²) in [6.07, 6.45) is 4.32. The third-order valence-electron chi connectivity index (χ3n) is 3.45. The van der Waals surface area contributed by atoms with Crippen LogP contribution in [-0.4, -0.2) is 22.5 Å². The summed E-state index contributed by atoms with van der Waals surface area (Å²) in [6, 6.07) is 13.8. The minimum Gasteiger partial charge on any atom is -0.357 e. The molecule has 0 fully saturated rings. The maximum atomic E-state index is 11.8. The van der Waals surface area contributed by atoms with E-state index in [9.17, 15) is 4.79 Å². The minimum absolute atomic E-state index is 0.164. The van der Waals surface area contributed by atoms with Crippen LogP contribution < -0.4 is 10.6 Å². The van der Waals surface area contributed by atoms with E-state index in [1.54, 1.807) is 6.20 Å². The molecule has 5 heteroatoms. The molecule has 2 heterocycles. The molecule has 0 saturated carbocycles. The Labute approximate surface area is 128 Å². The van der Waals surface area contributed by atoms with Gasteiger partial charge in [0.1, 0.15) is 0 Å². The predicted molar refractivity (Wildman–Crippen MR) is 86.5 cm³/mol. The van der Waals surface area contributed by atoms with Crippen molar-refractivity contribution in [3.05, 3.63) is 66.1 Å². The number of pyridine rings is 1. The molecule has 5 nitrogen and oxygen atoms in total. The van der Waals surface area contributed by atoms with Crippen LogP contribution >= 0.6 is 0 Å². The first-order valence-corrected chi connectivity index (χ1v) is 7.28. The number of H-pyrrole nitrogens is 1. The molecule has 3 rings (SSSR count). The molecule has 0 unspecified atom stereocenters. The molecule has 0 radical (unpaired) electrons. The fraction of sp³-hybridized carbons (Fsp3) is 0.176. The van der Waals surface area contributed by atoms with Crippen molar-refractivity contribution >= 4 is 16.9 Å². The second-order valence-corrected chi connectivity index (χ2v) is 5.10. The molecule has 0 spiro atoms. The van der Waals surface area contributed by atoms with E-state index in [0.29, 0.717) is 13.1 Å². The van der Waals surface area contributed by atoms with Crippen LogP contribution in [-0.2, 0) is 13.0 Å². The predicted octanol–water partition coefficient (Wildman–Crippen LogP) is 2.60. The molecule has 0 saturated heterocycles. The monoisotopic (exact) mass is 294 g/mol. The van der Waals surface area contributed by atoms with Gasteiger partial charge in [0.05, 0.1) is 6.54 Å². The summed E-state index contributed by atoms with van der Waals surface area (Å²) in [4.78, 5) is 19.1. The number of nitrogens with one attached hydrogen (secondary N) is 3. The van der Waals surface area contributed by atoms with Crippen molar-refractivity contribution in [1.82, 2.24) is 20.6 Å². The lowest BCUT2D eigenvalue weighted by Gasteiger charge is -2.06. The van der Waals surface area contributed by atoms with Crippen LogP contribution in [0.1, 0.15) is 11.3 Å². The Hall–Kier alpha value is -2.82. The average Bonchev–Trinajstić information content (AvgIpc) is 2.97. The van der Waals surface area contributed by atoms with Gasteiger partial charge in [0.25, 0.3) is 0 Å². The molecule has 112 valence electrons. The van der Waals surface area contributed by atoms with E-state index in [1.165, 1.54) is 0 Å². The van der Waals surface area contributed by atoms with Crippen molar-refractivity contribution in [1.29, 1.82) is 0 Å². The van der Waals surface area contributed by atoms with Gasteiger partial charge >= 0.3 is 6.03 Å². The number of urea groups is 1. The van der Waals surface area contributed by atoms with E-state index in [1.807, 2.05) is 48.7 Å². The number of fused-ring (bicyclic) bond motifs is 1. The number of aromatic nitrogens is 2. The number of aromatic amines is 1. The molecule has 2 amide bonds. The zero-order valence-corrected chi connectivity index (χ0v) is 12.2. The Morgan fingerprint density at radius 3 is 2.86 bits per heavy atom. The third kappa shape index (κ3) is 3.63. The zero-order valence-electron chi connectivity index (χ0n) is 12.2. The summed E-state index contributed by atoms with van der Waals surface area (Å²) in [5.74, 6) is 0. The second kappa shape index (κ2) is 6.76. The van der Waals surface area contributed by atoms with Crippen LogP contribution in [0.25, 0.3) is 10.9 Å². The molecule has 0 aliphatic carbocycles. The van der Waals surface area contributed by atoms with Gasteiger partial charge in [0, 0.05) is 30.1 Å². The van der Waals surface area contributed by atoms with Crippen molar-refractivity contribution in [3.8, 4) is 0 Å². The molecule has 0 aliphatic rings. The number of hydrogen-bond acceptors (Lipinski definition) is 2. The lowest BCUT2D eigenvalue weighted by Crippen LogP contribution is -2.36. The fourth-order valence-corrected chi connectivity index (χ4v) is 2.33. The smallest absolute Gasteiger partial charge is 0.315 e. The van der Waals surface area contributed by atoms with Gasteiger partial charge in [0.2, 0.25) is 0 Å². The summed E-state index contributed by atoms with van der Waals surface area (Å²) >= 11 is 0. The van der Waals surface area contributed by atoms with Crippen LogP contribution in [0.4, 0.5) is 4.79 Å². The average molecular weight is 294 g/mol. The van der Waals surface area contributed by atoms with Gasteiger partial charge in [-0.05, 0) is 35.6 Å². The summed E-state index contributed by atoms with van der Waals surface area (Å²) in [6.45, 7) is 1.07. The van der Waals surface area contributed by atoms with Gasteiger partial charge in [-0.1, -0.05) is 24.3 Å². The maximum Gasteiger partial charge on any atom is 0.315 e. The topological polar surface area (TPSA) is 69.8 Å². The Balaban J connectivity index is 1.44. The first kappa shape index (κ1) is 14.1. The van der Waals surface area contributed by atoms with Crippen molar-refractivity contribution < 1.29 is 4.79 Å². The molecule has 0 bridgehead atoms.